The molecule has 3 aromatic rings. The quantitative estimate of drug-likeness (QED) is 0.468. The first-order valence-electron chi connectivity index (χ1n) is 13.4. The van der Waals surface area contributed by atoms with Gasteiger partial charge in [-0.1, -0.05) is 48.5 Å². The summed E-state index contributed by atoms with van der Waals surface area (Å²) in [5.74, 6) is 0.510. The minimum atomic E-state index is -0.285. The number of hydrogen-bond acceptors (Lipinski definition) is 6. The van der Waals surface area contributed by atoms with Crippen molar-refractivity contribution >= 4 is 6.09 Å². The summed E-state index contributed by atoms with van der Waals surface area (Å²) in [6.45, 7) is 4.36. The first kappa shape index (κ1) is 24.1. The van der Waals surface area contributed by atoms with Crippen molar-refractivity contribution in [2.75, 3.05) is 19.6 Å². The summed E-state index contributed by atoms with van der Waals surface area (Å²) in [5.41, 5.74) is 5.26. The number of carbonyl (C=O) groups excluding carboxylic acids is 1. The molecule has 37 heavy (non-hydrogen) atoms. The topological polar surface area (TPSA) is 76.6 Å². The molecule has 7 nitrogen and oxygen atoms in total. The number of aromatic nitrogens is 2. The Hall–Kier alpha value is -3.29. The van der Waals surface area contributed by atoms with E-state index in [9.17, 15) is 4.79 Å². The zero-order valence-electron chi connectivity index (χ0n) is 21.1. The Labute approximate surface area is 218 Å². The van der Waals surface area contributed by atoms with Crippen LogP contribution in [0.15, 0.2) is 67.3 Å². The van der Waals surface area contributed by atoms with Crippen molar-refractivity contribution < 1.29 is 14.3 Å². The Balaban J connectivity index is 1.03. The van der Waals surface area contributed by atoms with E-state index in [2.05, 4.69) is 68.7 Å². The van der Waals surface area contributed by atoms with Gasteiger partial charge in [-0.25, -0.2) is 14.8 Å². The third-order valence-electron chi connectivity index (χ3n) is 8.11. The molecule has 1 amide bonds. The van der Waals surface area contributed by atoms with E-state index in [-0.39, 0.29) is 17.7 Å². The largest absolute Gasteiger partial charge is 0.446 e. The Bertz CT molecular complexity index is 1190. The lowest BCUT2D eigenvalue weighted by atomic mass is 9.93. The number of fused-ring (bicyclic) bond motifs is 4. The van der Waals surface area contributed by atoms with Gasteiger partial charge in [0.2, 0.25) is 0 Å². The van der Waals surface area contributed by atoms with Gasteiger partial charge >= 0.3 is 6.09 Å². The molecule has 4 heterocycles. The summed E-state index contributed by atoms with van der Waals surface area (Å²) < 4.78 is 11.7. The van der Waals surface area contributed by atoms with Crippen molar-refractivity contribution in [2.45, 2.75) is 57.0 Å². The van der Waals surface area contributed by atoms with Crippen LogP contribution >= 0.6 is 0 Å². The Kier molecular flexibility index (Phi) is 6.89. The van der Waals surface area contributed by atoms with Crippen molar-refractivity contribution in [3.8, 4) is 11.1 Å². The number of piperidine rings is 1. The van der Waals surface area contributed by atoms with Gasteiger partial charge in [-0.2, -0.15) is 0 Å². The summed E-state index contributed by atoms with van der Waals surface area (Å²) in [6.07, 6.45) is 9.98. The van der Waals surface area contributed by atoms with Crippen LogP contribution in [0.1, 0.15) is 48.8 Å². The molecule has 4 aliphatic rings. The third kappa shape index (κ3) is 5.68. The molecule has 0 radical (unpaired) electrons. The molecule has 4 fully saturated rings. The highest BCUT2D eigenvalue weighted by Crippen LogP contribution is 2.46. The number of ether oxygens (including phenoxy) is 2. The lowest BCUT2D eigenvalue weighted by Gasteiger charge is -2.29. The number of rotatable bonds is 8. The fraction of sp³-hybridized carbons (Fsp3) is 0.433. The van der Waals surface area contributed by atoms with Gasteiger partial charge in [0.25, 0.3) is 0 Å². The van der Waals surface area contributed by atoms with E-state index in [4.69, 9.17) is 9.47 Å². The van der Waals surface area contributed by atoms with Gasteiger partial charge in [0.15, 0.2) is 0 Å². The van der Waals surface area contributed by atoms with Crippen molar-refractivity contribution in [1.29, 1.82) is 0 Å². The second-order valence-corrected chi connectivity index (χ2v) is 10.6. The maximum Gasteiger partial charge on any atom is 0.408 e. The molecule has 1 atom stereocenters. The van der Waals surface area contributed by atoms with Gasteiger partial charge in [0.05, 0.1) is 18.8 Å². The summed E-state index contributed by atoms with van der Waals surface area (Å²) in [4.78, 5) is 23.3. The van der Waals surface area contributed by atoms with Crippen LogP contribution in [-0.4, -0.2) is 46.7 Å². The first-order chi connectivity index (χ1) is 18.2. The van der Waals surface area contributed by atoms with Gasteiger partial charge in [-0.05, 0) is 73.4 Å². The van der Waals surface area contributed by atoms with Crippen LogP contribution in [0.25, 0.3) is 11.1 Å². The fourth-order valence-corrected chi connectivity index (χ4v) is 5.69. The summed E-state index contributed by atoms with van der Waals surface area (Å²) >= 11 is 0. The van der Waals surface area contributed by atoms with E-state index in [1.54, 1.807) is 12.4 Å². The number of hydrogen-bond donors (Lipinski definition) is 1. The molecule has 0 spiro atoms. The average molecular weight is 499 g/mol. The van der Waals surface area contributed by atoms with Crippen LogP contribution in [0, 0.1) is 5.92 Å². The number of carbonyl (C=O) groups is 1. The van der Waals surface area contributed by atoms with E-state index in [1.165, 1.54) is 6.33 Å². The summed E-state index contributed by atoms with van der Waals surface area (Å²) in [6, 6.07) is 17.0. The lowest BCUT2D eigenvalue weighted by molar-refractivity contribution is 0.0537. The highest BCUT2D eigenvalue weighted by atomic mass is 16.6. The molecule has 2 bridgehead atoms. The van der Waals surface area contributed by atoms with E-state index in [1.807, 2.05) is 0 Å². The second kappa shape index (κ2) is 10.6. The second-order valence-electron chi connectivity index (χ2n) is 10.6. The van der Waals surface area contributed by atoms with E-state index in [0.29, 0.717) is 19.1 Å². The van der Waals surface area contributed by atoms with Crippen molar-refractivity contribution in [1.82, 2.24) is 20.2 Å². The molecule has 2 aromatic carbocycles. The summed E-state index contributed by atoms with van der Waals surface area (Å²) in [7, 11) is 0. The van der Waals surface area contributed by atoms with Crippen LogP contribution in [0.3, 0.4) is 0 Å². The molecule has 3 aliphatic heterocycles. The normalized spacial score (nSPS) is 23.7. The molecule has 1 unspecified atom stereocenters. The molecule has 3 saturated heterocycles. The predicted molar refractivity (Wildman–Crippen MR) is 141 cm³/mol. The highest BCUT2D eigenvalue weighted by molar-refractivity contribution is 5.70. The van der Waals surface area contributed by atoms with E-state index >= 15 is 0 Å². The number of nitrogens with zero attached hydrogens (tertiary/aromatic N) is 3. The first-order valence-corrected chi connectivity index (χ1v) is 13.4. The molecule has 1 aromatic heterocycles. The highest BCUT2D eigenvalue weighted by Gasteiger charge is 2.46. The van der Waals surface area contributed by atoms with Crippen LogP contribution in [0.2, 0.25) is 0 Å². The van der Waals surface area contributed by atoms with Crippen LogP contribution in [-0.2, 0) is 28.2 Å². The standard InChI is InChI=1S/C30H34N4O3/c35-29(37-28-11-16-34-14-9-26(28)10-15-34)33-30(12-13-30)27-7-5-25(6-8-27)24-3-1-22(2-4-24)19-36-20-23-17-31-21-32-18-23/h1-8,17-18,21,26,28H,9-16,19-20H2,(H,33,35). The molecule has 1 saturated carbocycles. The molecule has 1 aliphatic carbocycles. The van der Waals surface area contributed by atoms with Crippen LogP contribution in [0.4, 0.5) is 4.79 Å². The molecular formula is C30H34N4O3. The molecule has 192 valence electrons. The van der Waals surface area contributed by atoms with E-state index < -0.39 is 0 Å². The maximum absolute atomic E-state index is 12.8. The zero-order chi connectivity index (χ0) is 25.1. The predicted octanol–water partition coefficient (Wildman–Crippen LogP) is 5.06. The van der Waals surface area contributed by atoms with Crippen molar-refractivity contribution in [3.63, 3.8) is 0 Å². The third-order valence-corrected chi connectivity index (χ3v) is 8.11. The molecular weight excluding hydrogens is 464 g/mol. The van der Waals surface area contributed by atoms with Gasteiger partial charge in [-0.3, -0.25) is 0 Å². The van der Waals surface area contributed by atoms with Gasteiger partial charge in [0.1, 0.15) is 12.4 Å². The molecule has 7 rings (SSSR count). The maximum atomic E-state index is 12.8. The SMILES string of the molecule is O=C(NC1(c2ccc(-c3ccc(COCc4cncnc4)cc3)cc2)CC1)OC1CCN2CCC1CC2. The minimum absolute atomic E-state index is 0.0476. The Morgan fingerprint density at radius 3 is 2.16 bits per heavy atom. The van der Waals surface area contributed by atoms with Crippen molar-refractivity contribution in [3.05, 3.63) is 83.9 Å². The molecule has 7 heteroatoms. The smallest absolute Gasteiger partial charge is 0.408 e. The van der Waals surface area contributed by atoms with Crippen LogP contribution < -0.4 is 5.32 Å². The van der Waals surface area contributed by atoms with E-state index in [0.717, 1.165) is 79.6 Å². The Morgan fingerprint density at radius 2 is 1.49 bits per heavy atom. The van der Waals surface area contributed by atoms with Gasteiger partial charge in [-0.15, -0.1) is 0 Å². The number of benzene rings is 2. The average Bonchev–Trinajstić information content (AvgIpc) is 3.77. The molecule has 1 N–H and O–H groups in total. The zero-order valence-corrected chi connectivity index (χ0v) is 21.1. The number of nitrogens with one attached hydrogen (secondary N) is 1. The monoisotopic (exact) mass is 498 g/mol. The van der Waals surface area contributed by atoms with Crippen molar-refractivity contribution in [2.24, 2.45) is 5.92 Å². The van der Waals surface area contributed by atoms with Gasteiger partial charge < -0.3 is 19.7 Å². The van der Waals surface area contributed by atoms with Gasteiger partial charge in [0, 0.05) is 24.5 Å². The van der Waals surface area contributed by atoms with Crippen LogP contribution in [0.5, 0.6) is 0 Å². The Morgan fingerprint density at radius 1 is 0.865 bits per heavy atom. The number of amides is 1. The lowest BCUT2D eigenvalue weighted by Crippen LogP contribution is -2.39. The fourth-order valence-electron chi connectivity index (χ4n) is 5.69. The number of alkyl carbamates (subject to hydrolysis) is 1. The summed E-state index contributed by atoms with van der Waals surface area (Å²) in [5, 5.41) is 3.21. The minimum Gasteiger partial charge on any atom is -0.446 e.